The zero-order valence-corrected chi connectivity index (χ0v) is 87.1. The van der Waals surface area contributed by atoms with Gasteiger partial charge in [0.15, 0.2) is 0 Å². The topological polar surface area (TPSA) is 51.9 Å². The SMILES string of the molecule is CC.CC.CC.CC.CC.CC.CC.CC.CC.CC.CC.CC.CC.CC.CC.c1ccc2c(c1)Cc1c-2ccc2c1Cc1cc3c(cc1-2)nc1c2ccccc2c2ccccc2n31.c1ccc2c(c1)Cc1c-2ccc2c1Cc1ccc3nc4c5ccccc5c5ccccc5n4c3c1-2.c1ccc2c(c1)Cc1ccc3c(c1-2)Cc1ccc2nc4c5ccccc5c5ccccc5n4c2c1-3. The molecule has 6 aliphatic rings. The molecule has 0 saturated heterocycles. The van der Waals surface area contributed by atoms with E-state index < -0.39 is 0 Å². The number of fused-ring (bicyclic) bond motifs is 47. The second-order valence-electron chi connectivity index (χ2n) is 29.8. The van der Waals surface area contributed by atoms with Gasteiger partial charge in [0.25, 0.3) is 0 Å². The quantitative estimate of drug-likeness (QED) is 0.142. The smallest absolute Gasteiger partial charge is 0.146 e. The molecule has 0 radical (unpaired) electrons. The molecule has 0 amide bonds. The number of nitrogens with zero attached hydrogens (tertiary/aromatic N) is 6. The second kappa shape index (κ2) is 49.1. The lowest BCUT2D eigenvalue weighted by molar-refractivity contribution is 1.16. The van der Waals surface area contributed by atoms with Crippen LogP contribution in [0, 0.1) is 0 Å². The summed E-state index contributed by atoms with van der Waals surface area (Å²) in [4.78, 5) is 15.6. The zero-order valence-electron chi connectivity index (χ0n) is 87.1. The van der Waals surface area contributed by atoms with Crippen molar-refractivity contribution in [2.75, 3.05) is 0 Å². The van der Waals surface area contributed by atoms with E-state index in [1.807, 2.05) is 208 Å². The van der Waals surface area contributed by atoms with Crippen molar-refractivity contribution in [3.8, 4) is 66.8 Å². The molecular formula is C129H150N6. The van der Waals surface area contributed by atoms with Crippen LogP contribution in [0.5, 0.6) is 0 Å². The molecule has 15 aromatic carbocycles. The molecule has 0 saturated carbocycles. The highest BCUT2D eigenvalue weighted by atomic mass is 15.0. The maximum Gasteiger partial charge on any atom is 0.146 e. The average molecular weight is 1780 g/mol. The lowest BCUT2D eigenvalue weighted by Gasteiger charge is -2.11. The summed E-state index contributed by atoms with van der Waals surface area (Å²) in [6.45, 7) is 60.0. The summed E-state index contributed by atoms with van der Waals surface area (Å²) in [5.41, 5.74) is 48.0. The first kappa shape index (κ1) is 104. The molecule has 0 N–H and O–H groups in total. The van der Waals surface area contributed by atoms with E-state index in [2.05, 4.69) is 304 Å². The number of hydrogen-bond donors (Lipinski definition) is 0. The van der Waals surface area contributed by atoms with Gasteiger partial charge in [-0.05, 0) is 220 Å². The predicted octanol–water partition coefficient (Wildman–Crippen LogP) is 39.2. The summed E-state index contributed by atoms with van der Waals surface area (Å²) < 4.78 is 7.21. The average Bonchev–Trinajstić information content (AvgIpc) is 1.52. The molecule has 21 aromatic rings. The molecule has 6 aromatic heterocycles. The fourth-order valence-electron chi connectivity index (χ4n) is 20.3. The van der Waals surface area contributed by atoms with Gasteiger partial charge in [0.2, 0.25) is 0 Å². The number of para-hydroxylation sites is 3. The summed E-state index contributed by atoms with van der Waals surface area (Å²) in [5, 5.41) is 11.2. The molecule has 135 heavy (non-hydrogen) atoms. The number of imidazole rings is 3. The van der Waals surface area contributed by atoms with Crippen LogP contribution >= 0.6 is 0 Å². The fourth-order valence-corrected chi connectivity index (χ4v) is 20.3. The Morgan fingerprint density at radius 3 is 0.844 bits per heavy atom. The summed E-state index contributed by atoms with van der Waals surface area (Å²) in [5.74, 6) is 0. The van der Waals surface area contributed by atoms with Crippen molar-refractivity contribution < 1.29 is 0 Å². The van der Waals surface area contributed by atoms with Gasteiger partial charge in [0.05, 0.1) is 49.7 Å². The van der Waals surface area contributed by atoms with Crippen LogP contribution in [0.25, 0.3) is 182 Å². The van der Waals surface area contributed by atoms with E-state index in [4.69, 9.17) is 15.0 Å². The predicted molar refractivity (Wildman–Crippen MR) is 603 cm³/mol. The Balaban J connectivity index is 0.000000184. The van der Waals surface area contributed by atoms with E-state index in [0.717, 1.165) is 72.0 Å². The first-order valence-corrected chi connectivity index (χ1v) is 52.0. The minimum atomic E-state index is 0.983. The Labute approximate surface area is 808 Å². The molecule has 0 spiro atoms. The van der Waals surface area contributed by atoms with E-state index >= 15 is 0 Å². The van der Waals surface area contributed by atoms with Gasteiger partial charge < -0.3 is 0 Å². The second-order valence-corrected chi connectivity index (χ2v) is 29.8. The van der Waals surface area contributed by atoms with Gasteiger partial charge in [0, 0.05) is 43.4 Å². The van der Waals surface area contributed by atoms with Crippen LogP contribution in [0.1, 0.15) is 274 Å². The lowest BCUT2D eigenvalue weighted by atomic mass is 9.95. The van der Waals surface area contributed by atoms with Crippen molar-refractivity contribution in [1.29, 1.82) is 0 Å². The standard InChI is InChI=1S/3C33H20N2.15C2H6/c1-2-8-21-19(7-1)17-27-23(21)14-15-25-28(27)18-20-13-16-29-32(31(20)25)35-30-12-6-5-10-24(30)22-9-3-4-11-26(22)33(35)34-29;1-2-8-22-19(7-1)17-20-13-15-25-27(30(20)22)18-21-14-16-28-32(31(21)25)35-29-12-6-5-10-24(29)23-9-3-4-11-26(23)33(35)34-28;1-2-8-21-19(7-1)15-28-23(21)13-14-24-27-18-30-32(17-20(27)16-29(24)28)35-31-12-6-5-10-25(31)22-9-3-4-11-26(22)33(35)34-30;15*1-2/h2*1-16H,17-18H2;1-14,17-18H,15-16H2;15*1-2H3. The van der Waals surface area contributed by atoms with E-state index in [0.29, 0.717) is 0 Å². The number of rotatable bonds is 0. The van der Waals surface area contributed by atoms with Crippen LogP contribution in [0.15, 0.2) is 291 Å². The molecule has 0 aliphatic heterocycles. The van der Waals surface area contributed by atoms with Crippen molar-refractivity contribution in [2.45, 2.75) is 246 Å². The molecule has 6 heterocycles. The minimum Gasteiger partial charge on any atom is -0.292 e. The van der Waals surface area contributed by atoms with Crippen LogP contribution in [-0.4, -0.2) is 28.2 Å². The molecule has 0 unspecified atom stereocenters. The van der Waals surface area contributed by atoms with Gasteiger partial charge >= 0.3 is 0 Å². The molecule has 0 bridgehead atoms. The van der Waals surface area contributed by atoms with E-state index in [-0.39, 0.29) is 0 Å². The van der Waals surface area contributed by atoms with Gasteiger partial charge in [-0.1, -0.05) is 456 Å². The first-order chi connectivity index (χ1) is 67.1. The Bertz CT molecular complexity index is 7600. The number of hydrogen-bond acceptors (Lipinski definition) is 3. The number of pyridine rings is 3. The number of benzene rings is 15. The third kappa shape index (κ3) is 18.1. The monoisotopic (exact) mass is 1780 g/mol. The Morgan fingerprint density at radius 2 is 0.430 bits per heavy atom. The largest absolute Gasteiger partial charge is 0.292 e. The van der Waals surface area contributed by atoms with Crippen molar-refractivity contribution >= 4 is 115 Å². The van der Waals surface area contributed by atoms with Gasteiger partial charge in [-0.15, -0.1) is 0 Å². The van der Waals surface area contributed by atoms with Crippen molar-refractivity contribution in [3.05, 3.63) is 358 Å². The van der Waals surface area contributed by atoms with Gasteiger partial charge in [0.1, 0.15) is 16.9 Å². The van der Waals surface area contributed by atoms with Crippen LogP contribution in [0.3, 0.4) is 0 Å². The van der Waals surface area contributed by atoms with E-state index in [9.17, 15) is 0 Å². The molecule has 6 nitrogen and oxygen atoms in total. The van der Waals surface area contributed by atoms with E-state index in [1.54, 1.807) is 0 Å². The fraction of sp³-hybridized carbons (Fsp3) is 0.279. The molecular weight excluding hydrogens is 1630 g/mol. The van der Waals surface area contributed by atoms with Gasteiger partial charge in [-0.3, -0.25) is 13.2 Å². The molecule has 6 heteroatoms. The van der Waals surface area contributed by atoms with Crippen molar-refractivity contribution in [2.24, 2.45) is 0 Å². The molecule has 6 aliphatic carbocycles. The number of aromatic nitrogens is 6. The molecule has 696 valence electrons. The maximum atomic E-state index is 5.22. The molecule has 0 fully saturated rings. The summed E-state index contributed by atoms with van der Waals surface area (Å²) in [6, 6.07) is 107. The third-order valence-corrected chi connectivity index (χ3v) is 24.7. The molecule has 27 rings (SSSR count). The Hall–Kier alpha value is -13.3. The first-order valence-electron chi connectivity index (χ1n) is 52.0. The Morgan fingerprint density at radius 1 is 0.163 bits per heavy atom. The third-order valence-electron chi connectivity index (χ3n) is 24.7. The van der Waals surface area contributed by atoms with Gasteiger partial charge in [-0.25, -0.2) is 15.0 Å². The lowest BCUT2D eigenvalue weighted by Crippen LogP contribution is -1.93. The highest BCUT2D eigenvalue weighted by Gasteiger charge is 2.35. The van der Waals surface area contributed by atoms with Crippen LogP contribution in [0.4, 0.5) is 0 Å². The summed E-state index contributed by atoms with van der Waals surface area (Å²) >= 11 is 0. The maximum absolute atomic E-state index is 5.22. The summed E-state index contributed by atoms with van der Waals surface area (Å²) in [6.07, 6.45) is 6.09. The Kier molecular flexibility index (Phi) is 37.7. The summed E-state index contributed by atoms with van der Waals surface area (Å²) in [7, 11) is 0. The van der Waals surface area contributed by atoms with Crippen LogP contribution in [-0.2, 0) is 38.5 Å². The zero-order chi connectivity index (χ0) is 98.0. The van der Waals surface area contributed by atoms with Gasteiger partial charge in [-0.2, -0.15) is 0 Å². The van der Waals surface area contributed by atoms with Crippen molar-refractivity contribution in [1.82, 2.24) is 28.2 Å². The van der Waals surface area contributed by atoms with Crippen molar-refractivity contribution in [3.63, 3.8) is 0 Å². The minimum absolute atomic E-state index is 0.983. The molecule has 0 atom stereocenters. The highest BCUT2D eigenvalue weighted by molar-refractivity contribution is 6.18. The normalized spacial score (nSPS) is 11.2. The van der Waals surface area contributed by atoms with Crippen LogP contribution in [0.2, 0.25) is 0 Å². The highest BCUT2D eigenvalue weighted by Crippen LogP contribution is 2.54. The van der Waals surface area contributed by atoms with Crippen LogP contribution < -0.4 is 0 Å². The van der Waals surface area contributed by atoms with E-state index in [1.165, 1.54) is 215 Å².